The van der Waals surface area contributed by atoms with Crippen molar-refractivity contribution < 1.29 is 9.47 Å². The molecule has 0 aliphatic heterocycles. The third kappa shape index (κ3) is 2.20. The highest BCUT2D eigenvalue weighted by atomic mass is 16.5. The summed E-state index contributed by atoms with van der Waals surface area (Å²) in [5.74, 6) is 1.34. The third-order valence-electron chi connectivity index (χ3n) is 2.77. The van der Waals surface area contributed by atoms with E-state index in [9.17, 15) is 0 Å². The maximum absolute atomic E-state index is 5.85. The smallest absolute Gasteiger partial charge is 0.249 e. The molecule has 0 aliphatic rings. The number of benzene rings is 1. The molecule has 0 atom stereocenters. The Labute approximate surface area is 106 Å². The Morgan fingerprint density at radius 1 is 1.11 bits per heavy atom. The lowest BCUT2D eigenvalue weighted by Crippen LogP contribution is -2.01. The Morgan fingerprint density at radius 3 is 2.56 bits per heavy atom. The van der Waals surface area contributed by atoms with Crippen molar-refractivity contribution in [2.24, 2.45) is 0 Å². The van der Waals surface area contributed by atoms with Crippen LogP contribution in [0.2, 0.25) is 0 Å². The fourth-order valence-corrected chi connectivity index (χ4v) is 1.55. The molecule has 2 rings (SSSR count). The summed E-state index contributed by atoms with van der Waals surface area (Å²) in [5.41, 5.74) is 8.34. The van der Waals surface area contributed by atoms with E-state index in [4.69, 9.17) is 15.2 Å². The fraction of sp³-hybridized carbons (Fsp3) is 0.231. The second kappa shape index (κ2) is 4.91. The zero-order chi connectivity index (χ0) is 13.1. The second-order valence-electron chi connectivity index (χ2n) is 3.90. The molecule has 1 aromatic heterocycles. The van der Waals surface area contributed by atoms with E-state index >= 15 is 0 Å². The molecule has 0 unspecified atom stereocenters. The molecular weight excluding hydrogens is 230 g/mol. The first-order valence-corrected chi connectivity index (χ1v) is 5.52. The van der Waals surface area contributed by atoms with Gasteiger partial charge in [-0.2, -0.15) is 9.97 Å². The molecule has 0 amide bonds. The van der Waals surface area contributed by atoms with Crippen molar-refractivity contribution in [1.29, 1.82) is 0 Å². The summed E-state index contributed by atoms with van der Waals surface area (Å²) in [7, 11) is 1.50. The summed E-state index contributed by atoms with van der Waals surface area (Å²) in [4.78, 5) is 7.92. The molecule has 0 saturated carbocycles. The normalized spacial score (nSPS) is 10.2. The molecule has 5 nitrogen and oxygen atoms in total. The van der Waals surface area contributed by atoms with E-state index in [1.807, 2.05) is 32.0 Å². The summed E-state index contributed by atoms with van der Waals surface area (Å²) in [6.07, 6.45) is 1.36. The van der Waals surface area contributed by atoms with Crippen LogP contribution in [0.25, 0.3) is 0 Å². The van der Waals surface area contributed by atoms with E-state index in [1.54, 1.807) is 0 Å². The lowest BCUT2D eigenvalue weighted by Gasteiger charge is -2.12. The lowest BCUT2D eigenvalue weighted by atomic mass is 10.1. The van der Waals surface area contributed by atoms with Crippen molar-refractivity contribution in [2.75, 3.05) is 12.8 Å². The maximum Gasteiger partial charge on any atom is 0.249 e. The van der Waals surface area contributed by atoms with Gasteiger partial charge in [0.05, 0.1) is 7.11 Å². The molecular formula is C13H15N3O2. The molecule has 0 aliphatic carbocycles. The predicted molar refractivity (Wildman–Crippen MR) is 69.0 cm³/mol. The number of nitrogens with two attached hydrogens (primary N) is 1. The Balaban J connectivity index is 2.37. The largest absolute Gasteiger partial charge is 0.479 e. The first-order chi connectivity index (χ1) is 8.63. The van der Waals surface area contributed by atoms with Gasteiger partial charge in [0, 0.05) is 0 Å². The number of ether oxygens (including phenoxy) is 2. The quantitative estimate of drug-likeness (QED) is 0.899. The van der Waals surface area contributed by atoms with Crippen LogP contribution in [0.3, 0.4) is 0 Å². The molecule has 18 heavy (non-hydrogen) atoms. The zero-order valence-corrected chi connectivity index (χ0v) is 10.6. The highest BCUT2D eigenvalue weighted by molar-refractivity contribution is 5.57. The van der Waals surface area contributed by atoms with Gasteiger partial charge in [0.25, 0.3) is 0 Å². The van der Waals surface area contributed by atoms with Crippen molar-refractivity contribution in [3.63, 3.8) is 0 Å². The summed E-state index contributed by atoms with van der Waals surface area (Å²) in [5, 5.41) is 0. The van der Waals surface area contributed by atoms with E-state index in [-0.39, 0.29) is 0 Å². The van der Waals surface area contributed by atoms with Gasteiger partial charge >= 0.3 is 0 Å². The third-order valence-corrected chi connectivity index (χ3v) is 2.77. The standard InChI is InChI=1S/C13H15N3O2/c1-8-5-4-6-10(9(8)2)18-13-11(14)12(17-3)15-7-16-13/h4-7H,14H2,1-3H3. The van der Waals surface area contributed by atoms with Gasteiger partial charge in [0.2, 0.25) is 11.8 Å². The zero-order valence-electron chi connectivity index (χ0n) is 10.6. The lowest BCUT2D eigenvalue weighted by molar-refractivity contribution is 0.391. The van der Waals surface area contributed by atoms with Gasteiger partial charge < -0.3 is 15.2 Å². The van der Waals surface area contributed by atoms with Crippen molar-refractivity contribution in [1.82, 2.24) is 9.97 Å². The van der Waals surface area contributed by atoms with Crippen LogP contribution in [0.1, 0.15) is 11.1 Å². The van der Waals surface area contributed by atoms with Crippen molar-refractivity contribution >= 4 is 5.69 Å². The van der Waals surface area contributed by atoms with Crippen LogP contribution in [-0.4, -0.2) is 17.1 Å². The fourth-order valence-electron chi connectivity index (χ4n) is 1.55. The number of nitrogens with zero attached hydrogens (tertiary/aromatic N) is 2. The SMILES string of the molecule is COc1ncnc(Oc2cccc(C)c2C)c1N. The van der Waals surface area contributed by atoms with E-state index in [0.29, 0.717) is 17.4 Å². The van der Waals surface area contributed by atoms with Gasteiger partial charge in [-0.05, 0) is 31.0 Å². The van der Waals surface area contributed by atoms with E-state index in [1.165, 1.54) is 13.4 Å². The molecule has 94 valence electrons. The van der Waals surface area contributed by atoms with Gasteiger partial charge in [-0.1, -0.05) is 12.1 Å². The minimum atomic E-state index is 0.293. The number of anilines is 1. The number of hydrogen-bond donors (Lipinski definition) is 1. The van der Waals surface area contributed by atoms with Crippen LogP contribution in [0, 0.1) is 13.8 Å². The average Bonchev–Trinajstić information content (AvgIpc) is 2.37. The van der Waals surface area contributed by atoms with Crippen molar-refractivity contribution in [3.8, 4) is 17.5 Å². The summed E-state index contributed by atoms with van der Waals surface area (Å²) in [6.45, 7) is 4.01. The summed E-state index contributed by atoms with van der Waals surface area (Å²) < 4.78 is 10.7. The van der Waals surface area contributed by atoms with Gasteiger partial charge in [0.1, 0.15) is 12.1 Å². The number of aromatic nitrogens is 2. The van der Waals surface area contributed by atoms with Gasteiger partial charge in [-0.25, -0.2) is 0 Å². The van der Waals surface area contributed by atoms with Crippen LogP contribution in [-0.2, 0) is 0 Å². The number of methoxy groups -OCH3 is 1. The monoisotopic (exact) mass is 245 g/mol. The van der Waals surface area contributed by atoms with Crippen LogP contribution in [0.4, 0.5) is 5.69 Å². The topological polar surface area (TPSA) is 70.3 Å². The molecule has 0 saturated heterocycles. The minimum absolute atomic E-state index is 0.293. The highest BCUT2D eigenvalue weighted by Crippen LogP contribution is 2.32. The van der Waals surface area contributed by atoms with Crippen LogP contribution in [0.5, 0.6) is 17.5 Å². The molecule has 0 radical (unpaired) electrons. The number of rotatable bonds is 3. The van der Waals surface area contributed by atoms with Gasteiger partial charge in [0.15, 0.2) is 5.69 Å². The van der Waals surface area contributed by atoms with Gasteiger partial charge in [-0.3, -0.25) is 0 Å². The maximum atomic E-state index is 5.85. The Bertz CT molecular complexity index is 570. The first-order valence-electron chi connectivity index (χ1n) is 5.52. The molecule has 0 bridgehead atoms. The molecule has 2 aromatic rings. The molecule has 1 aromatic carbocycles. The van der Waals surface area contributed by atoms with Gasteiger partial charge in [-0.15, -0.1) is 0 Å². The molecule has 0 spiro atoms. The van der Waals surface area contributed by atoms with E-state index in [2.05, 4.69) is 9.97 Å². The Hall–Kier alpha value is -2.30. The molecule has 0 fully saturated rings. The Morgan fingerprint density at radius 2 is 1.83 bits per heavy atom. The van der Waals surface area contributed by atoms with E-state index < -0.39 is 0 Å². The predicted octanol–water partition coefficient (Wildman–Crippen LogP) is 2.48. The summed E-state index contributed by atoms with van der Waals surface area (Å²) >= 11 is 0. The molecule has 2 N–H and O–H groups in total. The molecule has 1 heterocycles. The number of nitrogen functional groups attached to an aromatic ring is 1. The van der Waals surface area contributed by atoms with Crippen LogP contribution < -0.4 is 15.2 Å². The van der Waals surface area contributed by atoms with E-state index in [0.717, 1.165) is 16.9 Å². The van der Waals surface area contributed by atoms with Crippen LogP contribution in [0.15, 0.2) is 24.5 Å². The average molecular weight is 245 g/mol. The summed E-state index contributed by atoms with van der Waals surface area (Å²) in [6, 6.07) is 5.81. The minimum Gasteiger partial charge on any atom is -0.479 e. The highest BCUT2D eigenvalue weighted by Gasteiger charge is 2.12. The van der Waals surface area contributed by atoms with Crippen molar-refractivity contribution in [2.45, 2.75) is 13.8 Å². The van der Waals surface area contributed by atoms with Crippen LogP contribution >= 0.6 is 0 Å². The second-order valence-corrected chi connectivity index (χ2v) is 3.90. The first kappa shape index (κ1) is 12.2. The molecule has 5 heteroatoms. The van der Waals surface area contributed by atoms with Crippen molar-refractivity contribution in [3.05, 3.63) is 35.7 Å². The number of aryl methyl sites for hydroxylation is 1. The Kier molecular flexibility index (Phi) is 3.32. The number of hydrogen-bond acceptors (Lipinski definition) is 5.